The summed E-state index contributed by atoms with van der Waals surface area (Å²) in [6.45, 7) is 2.88. The van der Waals surface area contributed by atoms with Crippen molar-refractivity contribution in [3.05, 3.63) is 34.6 Å². The van der Waals surface area contributed by atoms with Crippen LogP contribution in [0.15, 0.2) is 18.2 Å². The zero-order chi connectivity index (χ0) is 11.5. The summed E-state index contributed by atoms with van der Waals surface area (Å²) in [5, 5.41) is 4.07. The van der Waals surface area contributed by atoms with Crippen LogP contribution < -0.4 is 5.32 Å². The molecule has 1 aromatic rings. The van der Waals surface area contributed by atoms with Crippen molar-refractivity contribution >= 4 is 11.6 Å². The molecule has 3 heteroatoms. The van der Waals surface area contributed by atoms with Crippen LogP contribution in [-0.2, 0) is 6.54 Å². The summed E-state index contributed by atoms with van der Waals surface area (Å²) in [7, 11) is 0. The third-order valence-electron chi connectivity index (χ3n) is 3.14. The molecule has 1 aliphatic rings. The molecule has 2 unspecified atom stereocenters. The maximum absolute atomic E-state index is 13.0. The van der Waals surface area contributed by atoms with Crippen LogP contribution >= 0.6 is 11.6 Å². The standard InChI is InChI=1S/C13H17ClFN/c1-2-3-9-7-13(9)16-8-10-6-11(15)4-5-12(10)14/h4-6,9,13,16H,2-3,7-8H2,1H3. The SMILES string of the molecule is CCCC1CC1NCc1cc(F)ccc1Cl. The van der Waals surface area contributed by atoms with Crippen LogP contribution in [0.4, 0.5) is 4.39 Å². The van der Waals surface area contributed by atoms with Crippen molar-refractivity contribution < 1.29 is 4.39 Å². The number of nitrogens with one attached hydrogen (secondary N) is 1. The van der Waals surface area contributed by atoms with Crippen molar-refractivity contribution in [2.75, 3.05) is 0 Å². The highest BCUT2D eigenvalue weighted by Gasteiger charge is 2.35. The molecule has 1 aromatic carbocycles. The summed E-state index contributed by atoms with van der Waals surface area (Å²) in [4.78, 5) is 0. The van der Waals surface area contributed by atoms with E-state index in [1.165, 1.54) is 31.4 Å². The maximum atomic E-state index is 13.0. The van der Waals surface area contributed by atoms with E-state index in [4.69, 9.17) is 11.6 Å². The second-order valence-electron chi connectivity index (χ2n) is 4.51. The minimum atomic E-state index is -0.220. The van der Waals surface area contributed by atoms with Crippen LogP contribution in [-0.4, -0.2) is 6.04 Å². The molecule has 0 bridgehead atoms. The van der Waals surface area contributed by atoms with Gasteiger partial charge in [-0.25, -0.2) is 4.39 Å². The minimum absolute atomic E-state index is 0.220. The number of benzene rings is 1. The molecule has 2 atom stereocenters. The molecule has 1 N–H and O–H groups in total. The lowest BCUT2D eigenvalue weighted by Gasteiger charge is -2.06. The van der Waals surface area contributed by atoms with Crippen LogP contribution in [0.2, 0.25) is 5.02 Å². The van der Waals surface area contributed by atoms with Crippen LogP contribution in [0.3, 0.4) is 0 Å². The molecule has 1 saturated carbocycles. The summed E-state index contributed by atoms with van der Waals surface area (Å²) in [5.74, 6) is 0.597. The van der Waals surface area contributed by atoms with E-state index in [2.05, 4.69) is 12.2 Å². The van der Waals surface area contributed by atoms with Crippen LogP contribution in [0.1, 0.15) is 31.7 Å². The quantitative estimate of drug-likeness (QED) is 0.828. The van der Waals surface area contributed by atoms with Crippen LogP contribution in [0.5, 0.6) is 0 Å². The molecule has 2 rings (SSSR count). The molecule has 0 amide bonds. The Kier molecular flexibility index (Phi) is 3.82. The van der Waals surface area contributed by atoms with Crippen molar-refractivity contribution in [1.82, 2.24) is 5.32 Å². The Morgan fingerprint density at radius 2 is 2.31 bits per heavy atom. The van der Waals surface area contributed by atoms with Gasteiger partial charge in [-0.15, -0.1) is 0 Å². The van der Waals surface area contributed by atoms with Gasteiger partial charge in [-0.2, -0.15) is 0 Å². The Morgan fingerprint density at radius 1 is 1.50 bits per heavy atom. The number of hydrogen-bond acceptors (Lipinski definition) is 1. The van der Waals surface area contributed by atoms with Crippen molar-refractivity contribution in [2.45, 2.75) is 38.8 Å². The second kappa shape index (κ2) is 5.15. The number of hydrogen-bond donors (Lipinski definition) is 1. The fourth-order valence-corrected chi connectivity index (χ4v) is 2.29. The lowest BCUT2D eigenvalue weighted by molar-refractivity contribution is 0.592. The van der Waals surface area contributed by atoms with Gasteiger partial charge in [0.15, 0.2) is 0 Å². The van der Waals surface area contributed by atoms with Gasteiger partial charge < -0.3 is 5.32 Å². The number of rotatable bonds is 5. The Balaban J connectivity index is 1.84. The molecule has 1 nitrogen and oxygen atoms in total. The molecular formula is C13H17ClFN. The topological polar surface area (TPSA) is 12.0 Å². The zero-order valence-electron chi connectivity index (χ0n) is 9.47. The Hall–Kier alpha value is -0.600. The Morgan fingerprint density at radius 3 is 3.06 bits per heavy atom. The van der Waals surface area contributed by atoms with Gasteiger partial charge in [0.25, 0.3) is 0 Å². The molecule has 0 saturated heterocycles. The number of halogens is 2. The maximum Gasteiger partial charge on any atom is 0.123 e. The molecule has 0 spiro atoms. The first-order chi connectivity index (χ1) is 7.70. The fraction of sp³-hybridized carbons (Fsp3) is 0.538. The molecular weight excluding hydrogens is 225 g/mol. The first-order valence-corrected chi connectivity index (χ1v) is 6.25. The highest BCUT2D eigenvalue weighted by Crippen LogP contribution is 2.34. The van der Waals surface area contributed by atoms with Crippen molar-refractivity contribution in [1.29, 1.82) is 0 Å². The molecule has 0 heterocycles. The van der Waals surface area contributed by atoms with E-state index in [9.17, 15) is 4.39 Å². The lowest BCUT2D eigenvalue weighted by Crippen LogP contribution is -2.17. The first-order valence-electron chi connectivity index (χ1n) is 5.88. The van der Waals surface area contributed by atoms with E-state index in [-0.39, 0.29) is 5.82 Å². The average molecular weight is 242 g/mol. The molecule has 16 heavy (non-hydrogen) atoms. The van der Waals surface area contributed by atoms with Gasteiger partial charge in [0, 0.05) is 17.6 Å². The molecule has 0 aliphatic heterocycles. The first kappa shape index (κ1) is 11.9. The fourth-order valence-electron chi connectivity index (χ4n) is 2.11. The van der Waals surface area contributed by atoms with E-state index in [0.717, 1.165) is 11.5 Å². The monoisotopic (exact) mass is 241 g/mol. The van der Waals surface area contributed by atoms with Gasteiger partial charge in [0.1, 0.15) is 5.82 Å². The van der Waals surface area contributed by atoms with Crippen LogP contribution in [0, 0.1) is 11.7 Å². The summed E-state index contributed by atoms with van der Waals surface area (Å²) >= 11 is 5.99. The minimum Gasteiger partial charge on any atom is -0.310 e. The summed E-state index contributed by atoms with van der Waals surface area (Å²) in [6.07, 6.45) is 3.78. The van der Waals surface area contributed by atoms with Crippen LogP contribution in [0.25, 0.3) is 0 Å². The summed E-state index contributed by atoms with van der Waals surface area (Å²) in [6, 6.07) is 5.12. The van der Waals surface area contributed by atoms with E-state index >= 15 is 0 Å². The van der Waals surface area contributed by atoms with Gasteiger partial charge in [-0.05, 0) is 42.5 Å². The molecule has 0 aromatic heterocycles. The molecule has 88 valence electrons. The van der Waals surface area contributed by atoms with E-state index in [1.54, 1.807) is 6.07 Å². The van der Waals surface area contributed by atoms with Crippen molar-refractivity contribution in [3.63, 3.8) is 0 Å². The van der Waals surface area contributed by atoms with Crippen molar-refractivity contribution in [3.8, 4) is 0 Å². The van der Waals surface area contributed by atoms with E-state index in [1.807, 2.05) is 0 Å². The molecule has 0 radical (unpaired) electrons. The lowest BCUT2D eigenvalue weighted by atomic mass is 10.2. The highest BCUT2D eigenvalue weighted by molar-refractivity contribution is 6.31. The summed E-state index contributed by atoms with van der Waals surface area (Å²) in [5.41, 5.74) is 0.851. The van der Waals surface area contributed by atoms with Gasteiger partial charge in [-0.3, -0.25) is 0 Å². The normalized spacial score (nSPS) is 23.4. The van der Waals surface area contributed by atoms with E-state index < -0.39 is 0 Å². The zero-order valence-corrected chi connectivity index (χ0v) is 10.2. The molecule has 1 fully saturated rings. The third-order valence-corrected chi connectivity index (χ3v) is 3.51. The average Bonchev–Trinajstić information content (AvgIpc) is 2.99. The van der Waals surface area contributed by atoms with Gasteiger partial charge >= 0.3 is 0 Å². The molecule has 1 aliphatic carbocycles. The Bertz CT molecular complexity index is 367. The van der Waals surface area contributed by atoms with Gasteiger partial charge in [0.2, 0.25) is 0 Å². The third kappa shape index (κ3) is 2.96. The Labute approximate surface area is 101 Å². The summed E-state index contributed by atoms with van der Waals surface area (Å²) < 4.78 is 13.0. The van der Waals surface area contributed by atoms with Gasteiger partial charge in [-0.1, -0.05) is 24.9 Å². The largest absolute Gasteiger partial charge is 0.310 e. The second-order valence-corrected chi connectivity index (χ2v) is 4.91. The predicted octanol–water partition coefficient (Wildman–Crippen LogP) is 3.76. The predicted molar refractivity (Wildman–Crippen MR) is 65.1 cm³/mol. The van der Waals surface area contributed by atoms with Crippen molar-refractivity contribution in [2.24, 2.45) is 5.92 Å². The smallest absolute Gasteiger partial charge is 0.123 e. The van der Waals surface area contributed by atoms with Gasteiger partial charge in [0.05, 0.1) is 0 Å². The van der Waals surface area contributed by atoms with E-state index in [0.29, 0.717) is 17.6 Å². The highest BCUT2D eigenvalue weighted by atomic mass is 35.5.